The highest BCUT2D eigenvalue weighted by Crippen LogP contribution is 2.17. The molecule has 0 saturated heterocycles. The summed E-state index contributed by atoms with van der Waals surface area (Å²) in [6.45, 7) is 4.99. The summed E-state index contributed by atoms with van der Waals surface area (Å²) in [6.07, 6.45) is 1.10. The number of ether oxygens (including phenoxy) is 2. The van der Waals surface area contributed by atoms with Gasteiger partial charge in [0.25, 0.3) is 0 Å². The van der Waals surface area contributed by atoms with Gasteiger partial charge in [0.15, 0.2) is 5.90 Å². The molecule has 0 amide bonds. The van der Waals surface area contributed by atoms with E-state index in [0.717, 1.165) is 24.6 Å². The van der Waals surface area contributed by atoms with E-state index < -0.39 is 0 Å². The highest BCUT2D eigenvalue weighted by Gasteiger charge is 2.21. The van der Waals surface area contributed by atoms with Crippen molar-refractivity contribution in [1.82, 2.24) is 0 Å². The zero-order valence-corrected chi connectivity index (χ0v) is 10.6. The number of nitrogens with zero attached hydrogens (tertiary/aromatic N) is 1. The maximum Gasteiger partial charge on any atom is 0.186 e. The summed E-state index contributed by atoms with van der Waals surface area (Å²) in [4.78, 5) is 4.42. The topological polar surface area (TPSA) is 30.8 Å². The van der Waals surface area contributed by atoms with Crippen molar-refractivity contribution in [3.63, 3.8) is 0 Å². The maximum absolute atomic E-state index is 5.80. The lowest BCUT2D eigenvalue weighted by molar-refractivity contribution is 0.213. The first-order chi connectivity index (χ1) is 8.19. The first-order valence-corrected chi connectivity index (χ1v) is 6.03. The van der Waals surface area contributed by atoms with Crippen LogP contribution in [0, 0.1) is 5.92 Å². The minimum absolute atomic E-state index is 0.195. The summed E-state index contributed by atoms with van der Waals surface area (Å²) in [6, 6.07) is 8.12. The van der Waals surface area contributed by atoms with Crippen LogP contribution >= 0.6 is 0 Å². The molecule has 0 fully saturated rings. The Hall–Kier alpha value is -1.51. The van der Waals surface area contributed by atoms with E-state index in [1.807, 2.05) is 12.1 Å². The fourth-order valence-electron chi connectivity index (χ4n) is 1.89. The van der Waals surface area contributed by atoms with Crippen molar-refractivity contribution < 1.29 is 9.47 Å². The van der Waals surface area contributed by atoms with Gasteiger partial charge in [-0.05, 0) is 17.7 Å². The van der Waals surface area contributed by atoms with E-state index >= 15 is 0 Å². The predicted molar refractivity (Wildman–Crippen MR) is 68.7 cm³/mol. The molecule has 0 radical (unpaired) electrons. The molecule has 2 rings (SSSR count). The van der Waals surface area contributed by atoms with Gasteiger partial charge in [-0.1, -0.05) is 26.0 Å². The fourth-order valence-corrected chi connectivity index (χ4v) is 1.89. The number of aliphatic imine (C=N–C) groups is 1. The predicted octanol–water partition coefficient (Wildman–Crippen LogP) is 2.69. The first kappa shape index (κ1) is 12.0. The second-order valence-corrected chi connectivity index (χ2v) is 4.63. The number of hydrogen-bond donors (Lipinski definition) is 0. The van der Waals surface area contributed by atoms with Crippen molar-refractivity contribution in [2.75, 3.05) is 13.7 Å². The molecule has 0 aliphatic carbocycles. The quantitative estimate of drug-likeness (QED) is 0.800. The molecule has 1 aliphatic heterocycles. The molecule has 0 saturated carbocycles. The van der Waals surface area contributed by atoms with Crippen LogP contribution in [0.1, 0.15) is 19.4 Å². The fraction of sp³-hybridized carbons (Fsp3) is 0.500. The minimum Gasteiger partial charge on any atom is -0.497 e. The van der Waals surface area contributed by atoms with Crippen molar-refractivity contribution in [3.05, 3.63) is 29.8 Å². The summed E-state index contributed by atoms with van der Waals surface area (Å²) in [7, 11) is 1.68. The van der Waals surface area contributed by atoms with Gasteiger partial charge >= 0.3 is 0 Å². The minimum atomic E-state index is 0.195. The van der Waals surface area contributed by atoms with Crippen LogP contribution < -0.4 is 4.74 Å². The zero-order valence-electron chi connectivity index (χ0n) is 10.6. The summed E-state index contributed by atoms with van der Waals surface area (Å²) in [5.41, 5.74) is 1.26. The Morgan fingerprint density at radius 1 is 1.35 bits per heavy atom. The second kappa shape index (κ2) is 5.21. The van der Waals surface area contributed by atoms with Crippen LogP contribution in [-0.4, -0.2) is 25.7 Å². The van der Waals surface area contributed by atoms with Crippen molar-refractivity contribution in [2.24, 2.45) is 10.9 Å². The smallest absolute Gasteiger partial charge is 0.186 e. The number of benzene rings is 1. The molecule has 1 heterocycles. The molecule has 1 unspecified atom stereocenters. The molecular weight excluding hydrogens is 214 g/mol. The Balaban J connectivity index is 1.90. The molecule has 92 valence electrons. The maximum atomic E-state index is 5.80. The molecule has 0 aromatic heterocycles. The van der Waals surface area contributed by atoms with Gasteiger partial charge in [-0.25, -0.2) is 0 Å². The first-order valence-electron chi connectivity index (χ1n) is 6.03. The van der Waals surface area contributed by atoms with Crippen molar-refractivity contribution >= 4 is 5.90 Å². The Morgan fingerprint density at radius 3 is 2.59 bits per heavy atom. The number of rotatable bonds is 4. The Morgan fingerprint density at radius 2 is 2.06 bits per heavy atom. The van der Waals surface area contributed by atoms with Crippen LogP contribution in [0.3, 0.4) is 0 Å². The third-order valence-electron chi connectivity index (χ3n) is 2.85. The van der Waals surface area contributed by atoms with Gasteiger partial charge in [0, 0.05) is 12.3 Å². The molecule has 0 spiro atoms. The lowest BCUT2D eigenvalue weighted by atomic mass is 10.1. The lowest BCUT2D eigenvalue weighted by Gasteiger charge is -2.13. The van der Waals surface area contributed by atoms with Gasteiger partial charge in [0.05, 0.1) is 13.7 Å². The standard InChI is InChI=1S/C14H19NO2/c1-10(2)14-15-9-13(17-14)8-11-4-6-12(16-3)7-5-11/h4-7,10,13H,8-9H2,1-3H3. The molecule has 3 nitrogen and oxygen atoms in total. The van der Waals surface area contributed by atoms with Crippen molar-refractivity contribution in [3.8, 4) is 5.75 Å². The van der Waals surface area contributed by atoms with Gasteiger partial charge in [0.2, 0.25) is 0 Å². The van der Waals surface area contributed by atoms with Gasteiger partial charge in [-0.3, -0.25) is 4.99 Å². The molecular formula is C14H19NO2. The monoisotopic (exact) mass is 233 g/mol. The molecule has 3 heteroatoms. The van der Waals surface area contributed by atoms with Crippen LogP contribution in [0.4, 0.5) is 0 Å². The lowest BCUT2D eigenvalue weighted by Crippen LogP contribution is -2.18. The Labute approximate surface area is 102 Å². The van der Waals surface area contributed by atoms with Gasteiger partial charge in [-0.2, -0.15) is 0 Å². The summed E-state index contributed by atoms with van der Waals surface area (Å²) >= 11 is 0. The average molecular weight is 233 g/mol. The van der Waals surface area contributed by atoms with E-state index in [1.165, 1.54) is 5.56 Å². The van der Waals surface area contributed by atoms with Gasteiger partial charge < -0.3 is 9.47 Å². The Bertz CT molecular complexity index is 395. The van der Waals surface area contributed by atoms with E-state index in [2.05, 4.69) is 31.0 Å². The summed E-state index contributed by atoms with van der Waals surface area (Å²) < 4.78 is 10.9. The largest absolute Gasteiger partial charge is 0.497 e. The van der Waals surface area contributed by atoms with Crippen molar-refractivity contribution in [2.45, 2.75) is 26.4 Å². The van der Waals surface area contributed by atoms with Gasteiger partial charge in [-0.15, -0.1) is 0 Å². The van der Waals surface area contributed by atoms with E-state index in [1.54, 1.807) is 7.11 Å². The summed E-state index contributed by atoms with van der Waals surface area (Å²) in [5.74, 6) is 2.17. The van der Waals surface area contributed by atoms with Crippen LogP contribution in [0.25, 0.3) is 0 Å². The molecule has 1 atom stereocenters. The normalized spacial score (nSPS) is 19.1. The van der Waals surface area contributed by atoms with Crippen molar-refractivity contribution in [1.29, 1.82) is 0 Å². The molecule has 1 aliphatic rings. The third kappa shape index (κ3) is 2.99. The molecule has 0 N–H and O–H groups in total. The Kier molecular flexibility index (Phi) is 3.67. The van der Waals surface area contributed by atoms with E-state index in [9.17, 15) is 0 Å². The van der Waals surface area contributed by atoms with E-state index in [0.29, 0.717) is 5.92 Å². The van der Waals surface area contributed by atoms with Crippen LogP contribution in [0.5, 0.6) is 5.75 Å². The number of methoxy groups -OCH3 is 1. The molecule has 1 aromatic rings. The third-order valence-corrected chi connectivity index (χ3v) is 2.85. The van der Waals surface area contributed by atoms with Gasteiger partial charge in [0.1, 0.15) is 11.9 Å². The highest BCUT2D eigenvalue weighted by atomic mass is 16.5. The second-order valence-electron chi connectivity index (χ2n) is 4.63. The highest BCUT2D eigenvalue weighted by molar-refractivity contribution is 5.79. The van der Waals surface area contributed by atoms with E-state index in [4.69, 9.17) is 9.47 Å². The molecule has 17 heavy (non-hydrogen) atoms. The number of hydrogen-bond acceptors (Lipinski definition) is 3. The molecule has 0 bridgehead atoms. The van der Waals surface area contributed by atoms with E-state index in [-0.39, 0.29) is 6.10 Å². The van der Waals surface area contributed by atoms with Crippen LogP contribution in [0.15, 0.2) is 29.3 Å². The SMILES string of the molecule is COc1ccc(CC2CN=C(C(C)C)O2)cc1. The zero-order chi connectivity index (χ0) is 12.3. The average Bonchev–Trinajstić information content (AvgIpc) is 2.79. The van der Waals surface area contributed by atoms with Crippen LogP contribution in [-0.2, 0) is 11.2 Å². The molecule has 1 aromatic carbocycles. The van der Waals surface area contributed by atoms with Crippen LogP contribution in [0.2, 0.25) is 0 Å². The summed E-state index contributed by atoms with van der Waals surface area (Å²) in [5, 5.41) is 0.